The first-order valence-electron chi connectivity index (χ1n) is 6.63. The monoisotopic (exact) mass is 304 g/mol. The zero-order valence-corrected chi connectivity index (χ0v) is 12.2. The van der Waals surface area contributed by atoms with Gasteiger partial charge in [-0.3, -0.25) is 4.79 Å². The minimum Gasteiger partial charge on any atom is -0.481 e. The molecule has 0 radical (unpaired) electrons. The molecular formula is C16H17ClN2O2. The van der Waals surface area contributed by atoms with Crippen LogP contribution in [-0.4, -0.2) is 17.6 Å². The van der Waals surface area contributed by atoms with Gasteiger partial charge in [0.2, 0.25) is 0 Å². The molecule has 0 fully saturated rings. The van der Waals surface area contributed by atoms with Crippen molar-refractivity contribution in [2.24, 2.45) is 5.73 Å². The maximum absolute atomic E-state index is 10.9. The summed E-state index contributed by atoms with van der Waals surface area (Å²) in [5, 5.41) is 12.7. The van der Waals surface area contributed by atoms with Crippen LogP contribution in [0.1, 0.15) is 17.9 Å². The van der Waals surface area contributed by atoms with Gasteiger partial charge >= 0.3 is 5.97 Å². The van der Waals surface area contributed by atoms with Gasteiger partial charge in [0.25, 0.3) is 0 Å². The van der Waals surface area contributed by atoms with E-state index in [4.69, 9.17) is 22.4 Å². The first-order valence-corrected chi connectivity index (χ1v) is 7.01. The van der Waals surface area contributed by atoms with E-state index in [-0.39, 0.29) is 18.9 Å². The van der Waals surface area contributed by atoms with E-state index in [2.05, 4.69) is 5.32 Å². The molecule has 0 heterocycles. The highest BCUT2D eigenvalue weighted by Crippen LogP contribution is 2.30. The van der Waals surface area contributed by atoms with Crippen molar-refractivity contribution < 1.29 is 9.90 Å². The molecule has 4 N–H and O–H groups in total. The van der Waals surface area contributed by atoms with Crippen LogP contribution in [0.15, 0.2) is 48.5 Å². The molecule has 21 heavy (non-hydrogen) atoms. The summed E-state index contributed by atoms with van der Waals surface area (Å²) in [5.74, 6) is -1.09. The highest BCUT2D eigenvalue weighted by atomic mass is 35.5. The fraction of sp³-hybridized carbons (Fsp3) is 0.188. The van der Waals surface area contributed by atoms with Crippen LogP contribution in [0.4, 0.5) is 11.4 Å². The van der Waals surface area contributed by atoms with E-state index < -0.39 is 5.97 Å². The van der Waals surface area contributed by atoms with Crippen LogP contribution >= 0.6 is 11.6 Å². The maximum atomic E-state index is 10.9. The second-order valence-corrected chi connectivity index (χ2v) is 5.17. The average molecular weight is 305 g/mol. The average Bonchev–Trinajstić information content (AvgIpc) is 2.48. The Kier molecular flexibility index (Phi) is 5.20. The third-order valence-electron chi connectivity index (χ3n) is 3.22. The van der Waals surface area contributed by atoms with Crippen LogP contribution in [0, 0.1) is 0 Å². The summed E-state index contributed by atoms with van der Waals surface area (Å²) in [5.41, 5.74) is 8.20. The minimum absolute atomic E-state index is 0.00289. The number of nitrogens with one attached hydrogen (secondary N) is 1. The number of para-hydroxylation sites is 1. The van der Waals surface area contributed by atoms with E-state index in [1.165, 1.54) is 0 Å². The SMILES string of the molecule is NCC(CC(=O)O)c1ccc(Cl)c(Nc2ccccc2)c1. The van der Waals surface area contributed by atoms with Crippen molar-refractivity contribution in [1.82, 2.24) is 0 Å². The number of hydrogen-bond donors (Lipinski definition) is 3. The molecule has 2 rings (SSSR count). The highest BCUT2D eigenvalue weighted by Gasteiger charge is 2.15. The van der Waals surface area contributed by atoms with Gasteiger partial charge in [0, 0.05) is 11.6 Å². The predicted octanol–water partition coefficient (Wildman–Crippen LogP) is 3.60. The summed E-state index contributed by atoms with van der Waals surface area (Å²) < 4.78 is 0. The fourth-order valence-corrected chi connectivity index (χ4v) is 2.28. The van der Waals surface area contributed by atoms with Crippen LogP contribution in [-0.2, 0) is 4.79 Å². The number of benzene rings is 2. The number of rotatable bonds is 6. The fourth-order valence-electron chi connectivity index (χ4n) is 2.12. The number of aliphatic carboxylic acids is 1. The van der Waals surface area contributed by atoms with E-state index in [0.29, 0.717) is 5.02 Å². The van der Waals surface area contributed by atoms with Crippen molar-refractivity contribution in [3.05, 3.63) is 59.1 Å². The molecule has 2 aromatic rings. The molecule has 2 aromatic carbocycles. The summed E-state index contributed by atoms with van der Waals surface area (Å²) in [6.45, 7) is 0.276. The Morgan fingerprint density at radius 2 is 1.95 bits per heavy atom. The van der Waals surface area contributed by atoms with E-state index in [1.54, 1.807) is 6.07 Å². The van der Waals surface area contributed by atoms with Crippen molar-refractivity contribution in [1.29, 1.82) is 0 Å². The van der Waals surface area contributed by atoms with Gasteiger partial charge in [0.1, 0.15) is 0 Å². The zero-order valence-electron chi connectivity index (χ0n) is 11.4. The van der Waals surface area contributed by atoms with Gasteiger partial charge < -0.3 is 16.2 Å². The van der Waals surface area contributed by atoms with Crippen LogP contribution in [0.5, 0.6) is 0 Å². The molecule has 0 spiro atoms. The van der Waals surface area contributed by atoms with Crippen molar-refractivity contribution in [2.75, 3.05) is 11.9 Å². The number of anilines is 2. The summed E-state index contributed by atoms with van der Waals surface area (Å²) >= 11 is 6.19. The van der Waals surface area contributed by atoms with Crippen LogP contribution in [0.3, 0.4) is 0 Å². The summed E-state index contributed by atoms with van der Waals surface area (Å²) in [7, 11) is 0. The van der Waals surface area contributed by atoms with Gasteiger partial charge in [0.05, 0.1) is 17.1 Å². The Hall–Kier alpha value is -2.04. The lowest BCUT2D eigenvalue weighted by molar-refractivity contribution is -0.137. The first-order chi connectivity index (χ1) is 10.1. The molecule has 5 heteroatoms. The second kappa shape index (κ2) is 7.11. The predicted molar refractivity (Wildman–Crippen MR) is 85.2 cm³/mol. The van der Waals surface area contributed by atoms with Crippen LogP contribution < -0.4 is 11.1 Å². The smallest absolute Gasteiger partial charge is 0.304 e. The Labute approximate surface area is 128 Å². The number of carboxylic acids is 1. The quantitative estimate of drug-likeness (QED) is 0.762. The van der Waals surface area contributed by atoms with E-state index >= 15 is 0 Å². The molecule has 0 aliphatic carbocycles. The van der Waals surface area contributed by atoms with Crippen molar-refractivity contribution in [3.63, 3.8) is 0 Å². The molecule has 0 aromatic heterocycles. The number of carboxylic acid groups (broad SMARTS) is 1. The summed E-state index contributed by atoms with van der Waals surface area (Å²) in [4.78, 5) is 10.9. The van der Waals surface area contributed by atoms with Gasteiger partial charge in [-0.25, -0.2) is 0 Å². The molecule has 1 atom stereocenters. The normalized spacial score (nSPS) is 11.9. The Balaban J connectivity index is 2.26. The molecule has 1 unspecified atom stereocenters. The first kappa shape index (κ1) is 15.4. The summed E-state index contributed by atoms with van der Waals surface area (Å²) in [6.07, 6.45) is 0.00289. The third-order valence-corrected chi connectivity index (χ3v) is 3.55. The van der Waals surface area contributed by atoms with E-state index in [9.17, 15) is 4.79 Å². The van der Waals surface area contributed by atoms with Crippen LogP contribution in [0.25, 0.3) is 0 Å². The Bertz CT molecular complexity index is 617. The second-order valence-electron chi connectivity index (χ2n) is 4.76. The molecule has 4 nitrogen and oxygen atoms in total. The zero-order chi connectivity index (χ0) is 15.2. The van der Waals surface area contributed by atoms with Crippen molar-refractivity contribution in [3.8, 4) is 0 Å². The Morgan fingerprint density at radius 1 is 1.24 bits per heavy atom. The largest absolute Gasteiger partial charge is 0.481 e. The number of nitrogens with two attached hydrogens (primary N) is 1. The van der Waals surface area contributed by atoms with E-state index in [0.717, 1.165) is 16.9 Å². The molecular weight excluding hydrogens is 288 g/mol. The van der Waals surface area contributed by atoms with Gasteiger partial charge in [0.15, 0.2) is 0 Å². The molecule has 110 valence electrons. The van der Waals surface area contributed by atoms with Gasteiger partial charge in [-0.2, -0.15) is 0 Å². The van der Waals surface area contributed by atoms with Gasteiger partial charge in [-0.05, 0) is 36.4 Å². The topological polar surface area (TPSA) is 75.4 Å². The lowest BCUT2D eigenvalue weighted by Crippen LogP contribution is -2.16. The maximum Gasteiger partial charge on any atom is 0.304 e. The lowest BCUT2D eigenvalue weighted by Gasteiger charge is -2.16. The summed E-state index contributed by atoms with van der Waals surface area (Å²) in [6, 6.07) is 15.1. The lowest BCUT2D eigenvalue weighted by atomic mass is 9.95. The van der Waals surface area contributed by atoms with Crippen molar-refractivity contribution in [2.45, 2.75) is 12.3 Å². The number of hydrogen-bond acceptors (Lipinski definition) is 3. The molecule has 0 bridgehead atoms. The molecule has 0 aliphatic heterocycles. The van der Waals surface area contributed by atoms with Crippen molar-refractivity contribution >= 4 is 28.9 Å². The third kappa shape index (κ3) is 4.21. The standard InChI is InChI=1S/C16H17ClN2O2/c17-14-7-6-11(12(10-18)9-16(20)21)8-15(14)19-13-4-2-1-3-5-13/h1-8,12,19H,9-10,18H2,(H,20,21). The number of carbonyl (C=O) groups is 1. The minimum atomic E-state index is -0.863. The molecule has 0 saturated carbocycles. The van der Waals surface area contributed by atoms with Gasteiger partial charge in [-0.1, -0.05) is 35.9 Å². The molecule has 0 amide bonds. The van der Waals surface area contributed by atoms with Gasteiger partial charge in [-0.15, -0.1) is 0 Å². The van der Waals surface area contributed by atoms with Crippen LogP contribution in [0.2, 0.25) is 5.02 Å². The molecule has 0 aliphatic rings. The highest BCUT2D eigenvalue weighted by molar-refractivity contribution is 6.33. The number of halogens is 1. The van der Waals surface area contributed by atoms with E-state index in [1.807, 2.05) is 42.5 Å². The molecule has 0 saturated heterocycles. The Morgan fingerprint density at radius 3 is 2.57 bits per heavy atom.